The van der Waals surface area contributed by atoms with Crippen molar-refractivity contribution in [3.8, 4) is 0 Å². The number of H-pyrrole nitrogens is 1. The van der Waals surface area contributed by atoms with Crippen molar-refractivity contribution in [2.75, 3.05) is 18.0 Å². The third-order valence-corrected chi connectivity index (χ3v) is 5.82. The van der Waals surface area contributed by atoms with E-state index in [4.69, 9.17) is 17.3 Å². The predicted octanol–water partition coefficient (Wildman–Crippen LogP) is 0.827. The molecule has 1 aliphatic heterocycles. The van der Waals surface area contributed by atoms with E-state index in [1.807, 2.05) is 23.1 Å². The molecule has 0 aliphatic carbocycles. The molecule has 0 unspecified atom stereocenters. The first-order valence-electron chi connectivity index (χ1n) is 9.34. The highest BCUT2D eigenvalue weighted by Gasteiger charge is 2.28. The van der Waals surface area contributed by atoms with E-state index in [0.717, 1.165) is 5.56 Å². The largest absolute Gasteiger partial charge is 0.369 e. The fourth-order valence-electron chi connectivity index (χ4n) is 3.78. The first-order chi connectivity index (χ1) is 13.9. The van der Waals surface area contributed by atoms with E-state index < -0.39 is 11.2 Å². The Morgan fingerprint density at radius 2 is 1.97 bits per heavy atom. The van der Waals surface area contributed by atoms with Crippen LogP contribution in [0.4, 0.5) is 5.95 Å². The summed E-state index contributed by atoms with van der Waals surface area (Å²) in [6.07, 6.45) is 1.22. The molecule has 2 aromatic heterocycles. The number of piperidine rings is 1. The SMILES string of the molecule is Cn1c(=O)[nH]c(=O)c2c1nc(N1CCC(C(N)=O)CC1)n2Cc1ccccc1Cl. The third kappa shape index (κ3) is 3.42. The molecule has 3 heterocycles. The van der Waals surface area contributed by atoms with Gasteiger partial charge in [-0.3, -0.25) is 23.7 Å². The summed E-state index contributed by atoms with van der Waals surface area (Å²) in [7, 11) is 1.57. The van der Waals surface area contributed by atoms with Crippen LogP contribution in [0, 0.1) is 5.92 Å². The van der Waals surface area contributed by atoms with Gasteiger partial charge in [-0.15, -0.1) is 0 Å². The number of hydrogen-bond donors (Lipinski definition) is 2. The average molecular weight is 417 g/mol. The molecule has 1 fully saturated rings. The summed E-state index contributed by atoms with van der Waals surface area (Å²) in [5.74, 6) is 0.100. The van der Waals surface area contributed by atoms with Gasteiger partial charge < -0.3 is 10.6 Å². The Morgan fingerprint density at radius 1 is 1.28 bits per heavy atom. The Hall–Kier alpha value is -3.07. The first kappa shape index (κ1) is 19.3. The zero-order valence-corrected chi connectivity index (χ0v) is 16.6. The summed E-state index contributed by atoms with van der Waals surface area (Å²) < 4.78 is 3.10. The van der Waals surface area contributed by atoms with Gasteiger partial charge in [-0.25, -0.2) is 4.79 Å². The highest BCUT2D eigenvalue weighted by Crippen LogP contribution is 2.27. The molecule has 3 aromatic rings. The first-order valence-corrected chi connectivity index (χ1v) is 9.72. The third-order valence-electron chi connectivity index (χ3n) is 5.45. The van der Waals surface area contributed by atoms with E-state index in [1.54, 1.807) is 17.7 Å². The predicted molar refractivity (Wildman–Crippen MR) is 110 cm³/mol. The monoisotopic (exact) mass is 416 g/mol. The number of aromatic amines is 1. The second-order valence-electron chi connectivity index (χ2n) is 7.24. The normalized spacial score (nSPS) is 15.2. The standard InChI is InChI=1S/C19H21ClN6O3/c1-24-16-14(17(28)23-19(24)29)26(10-12-4-2-3-5-13(12)20)18(22-16)25-8-6-11(7-9-25)15(21)27/h2-5,11H,6-10H2,1H3,(H2,21,27)(H,23,28,29). The zero-order chi connectivity index (χ0) is 20.7. The second kappa shape index (κ2) is 7.40. The van der Waals surface area contributed by atoms with Crippen LogP contribution in [0.3, 0.4) is 0 Å². The molecule has 9 nitrogen and oxygen atoms in total. The van der Waals surface area contributed by atoms with Crippen LogP contribution < -0.4 is 21.9 Å². The number of imidazole rings is 1. The topological polar surface area (TPSA) is 119 Å². The van der Waals surface area contributed by atoms with E-state index in [0.29, 0.717) is 54.6 Å². The Kier molecular flexibility index (Phi) is 4.91. The van der Waals surface area contributed by atoms with Crippen LogP contribution in [0.5, 0.6) is 0 Å². The van der Waals surface area contributed by atoms with Crippen LogP contribution in [0.15, 0.2) is 33.9 Å². The summed E-state index contributed by atoms with van der Waals surface area (Å²) in [6.45, 7) is 1.47. The van der Waals surface area contributed by atoms with Crippen LogP contribution in [0.1, 0.15) is 18.4 Å². The number of nitrogens with one attached hydrogen (secondary N) is 1. The lowest BCUT2D eigenvalue weighted by Crippen LogP contribution is -2.39. The molecule has 152 valence electrons. The maximum Gasteiger partial charge on any atom is 0.329 e. The molecule has 1 aliphatic rings. The number of fused-ring (bicyclic) bond motifs is 1. The lowest BCUT2D eigenvalue weighted by Gasteiger charge is -2.31. The van der Waals surface area contributed by atoms with E-state index in [9.17, 15) is 14.4 Å². The molecule has 3 N–H and O–H groups in total. The minimum atomic E-state index is -0.524. The minimum absolute atomic E-state index is 0.166. The van der Waals surface area contributed by atoms with Crippen LogP contribution in [0.2, 0.25) is 5.02 Å². The summed E-state index contributed by atoms with van der Waals surface area (Å²) in [5.41, 5.74) is 5.85. The maximum atomic E-state index is 12.6. The fourth-order valence-corrected chi connectivity index (χ4v) is 3.97. The van der Waals surface area contributed by atoms with Gasteiger partial charge in [0.05, 0.1) is 6.54 Å². The number of nitrogens with zero attached hydrogens (tertiary/aromatic N) is 4. The lowest BCUT2D eigenvalue weighted by atomic mass is 9.96. The number of benzene rings is 1. The second-order valence-corrected chi connectivity index (χ2v) is 7.65. The lowest BCUT2D eigenvalue weighted by molar-refractivity contribution is -0.122. The van der Waals surface area contributed by atoms with Crippen molar-refractivity contribution < 1.29 is 4.79 Å². The molecule has 0 radical (unpaired) electrons. The quantitative estimate of drug-likeness (QED) is 0.652. The van der Waals surface area contributed by atoms with Gasteiger partial charge in [0.2, 0.25) is 11.9 Å². The Morgan fingerprint density at radius 3 is 2.62 bits per heavy atom. The van der Waals surface area contributed by atoms with E-state index in [-0.39, 0.29) is 11.8 Å². The number of anilines is 1. The molecular formula is C19H21ClN6O3. The number of hydrogen-bond acceptors (Lipinski definition) is 5. The molecular weight excluding hydrogens is 396 g/mol. The average Bonchev–Trinajstić information content (AvgIpc) is 3.08. The van der Waals surface area contributed by atoms with Gasteiger partial charge in [0.25, 0.3) is 5.56 Å². The number of aryl methyl sites for hydroxylation is 1. The van der Waals surface area contributed by atoms with Crippen molar-refractivity contribution in [1.82, 2.24) is 19.1 Å². The molecule has 1 saturated heterocycles. The highest BCUT2D eigenvalue weighted by atomic mass is 35.5. The van der Waals surface area contributed by atoms with Gasteiger partial charge in [0.15, 0.2) is 11.2 Å². The van der Waals surface area contributed by atoms with E-state index in [2.05, 4.69) is 9.97 Å². The van der Waals surface area contributed by atoms with Crippen LogP contribution >= 0.6 is 11.6 Å². The molecule has 4 rings (SSSR count). The summed E-state index contributed by atoms with van der Waals surface area (Å²) >= 11 is 6.34. The molecule has 0 spiro atoms. The van der Waals surface area contributed by atoms with Crippen molar-refractivity contribution in [3.05, 3.63) is 55.7 Å². The Labute approximate surface area is 170 Å². The van der Waals surface area contributed by atoms with Crippen LogP contribution in [-0.4, -0.2) is 38.1 Å². The summed E-state index contributed by atoms with van der Waals surface area (Å²) in [6, 6.07) is 7.38. The number of halogens is 1. The maximum absolute atomic E-state index is 12.6. The molecule has 1 aromatic carbocycles. The Balaban J connectivity index is 1.85. The molecule has 29 heavy (non-hydrogen) atoms. The number of rotatable bonds is 4. The van der Waals surface area contributed by atoms with Gasteiger partial charge in [-0.2, -0.15) is 4.98 Å². The van der Waals surface area contributed by atoms with Gasteiger partial charge in [-0.05, 0) is 24.5 Å². The van der Waals surface area contributed by atoms with Crippen LogP contribution in [0.25, 0.3) is 11.2 Å². The van der Waals surface area contributed by atoms with Crippen molar-refractivity contribution in [2.24, 2.45) is 18.7 Å². The van der Waals surface area contributed by atoms with Gasteiger partial charge in [0, 0.05) is 31.1 Å². The number of primary amides is 1. The van der Waals surface area contributed by atoms with Gasteiger partial charge >= 0.3 is 5.69 Å². The Bertz CT molecular complexity index is 1200. The van der Waals surface area contributed by atoms with Crippen molar-refractivity contribution in [3.63, 3.8) is 0 Å². The summed E-state index contributed by atoms with van der Waals surface area (Å²) in [5, 5.41) is 0.578. The van der Waals surface area contributed by atoms with Crippen molar-refractivity contribution in [1.29, 1.82) is 0 Å². The molecule has 10 heteroatoms. The number of nitrogens with two attached hydrogens (primary N) is 1. The zero-order valence-electron chi connectivity index (χ0n) is 15.9. The molecule has 1 amide bonds. The fraction of sp³-hybridized carbons (Fsp3) is 0.368. The molecule has 0 saturated carbocycles. The van der Waals surface area contributed by atoms with Crippen molar-refractivity contribution in [2.45, 2.75) is 19.4 Å². The van der Waals surface area contributed by atoms with E-state index in [1.165, 1.54) is 4.57 Å². The van der Waals surface area contributed by atoms with Crippen LogP contribution in [-0.2, 0) is 18.4 Å². The van der Waals surface area contributed by atoms with Gasteiger partial charge in [0.1, 0.15) is 0 Å². The smallest absolute Gasteiger partial charge is 0.329 e. The molecule has 0 bridgehead atoms. The number of carbonyl (C=O) groups excluding carboxylic acids is 1. The number of carbonyl (C=O) groups is 1. The number of amides is 1. The van der Waals surface area contributed by atoms with E-state index >= 15 is 0 Å². The summed E-state index contributed by atoms with van der Waals surface area (Å²) in [4.78, 5) is 45.2. The number of aromatic nitrogens is 4. The highest BCUT2D eigenvalue weighted by molar-refractivity contribution is 6.31. The minimum Gasteiger partial charge on any atom is -0.369 e. The van der Waals surface area contributed by atoms with Gasteiger partial charge in [-0.1, -0.05) is 29.8 Å². The van der Waals surface area contributed by atoms with Crippen molar-refractivity contribution >= 4 is 34.6 Å². The molecule has 0 atom stereocenters.